The van der Waals surface area contributed by atoms with Crippen molar-refractivity contribution in [3.63, 3.8) is 0 Å². The van der Waals surface area contributed by atoms with Crippen molar-refractivity contribution in [2.45, 2.75) is 6.92 Å². The van der Waals surface area contributed by atoms with Crippen LogP contribution in [-0.2, 0) is 9.59 Å². The first-order valence-corrected chi connectivity index (χ1v) is 6.52. The standard InChI is InChI=1S/C15H16N2O4/c1-10(15(20)21)8-17(9-13(18)19)12-6-2-4-11-5-3-7-16-14(11)12/h2-7,10H,8-9H2,1H3,(H,18,19)(H,20,21). The molecule has 110 valence electrons. The molecule has 21 heavy (non-hydrogen) atoms. The first-order valence-electron chi connectivity index (χ1n) is 6.52. The minimum absolute atomic E-state index is 0.108. The number of anilines is 1. The third kappa shape index (κ3) is 3.47. The molecule has 2 aromatic rings. The highest BCUT2D eigenvalue weighted by Gasteiger charge is 2.20. The molecule has 0 amide bonds. The maximum Gasteiger partial charge on any atom is 0.323 e. The van der Waals surface area contributed by atoms with Gasteiger partial charge in [0.05, 0.1) is 17.1 Å². The molecule has 1 atom stereocenters. The SMILES string of the molecule is CC(CN(CC(=O)O)c1cccc2cccnc12)C(=O)O. The molecular formula is C15H16N2O4. The molecule has 0 aliphatic heterocycles. The summed E-state index contributed by atoms with van der Waals surface area (Å²) in [4.78, 5) is 27.9. The van der Waals surface area contributed by atoms with Crippen molar-refractivity contribution in [1.82, 2.24) is 4.98 Å². The van der Waals surface area contributed by atoms with Crippen LogP contribution in [0, 0.1) is 5.92 Å². The van der Waals surface area contributed by atoms with Gasteiger partial charge in [-0.05, 0) is 12.1 Å². The predicted molar refractivity (Wildman–Crippen MR) is 78.4 cm³/mol. The molecule has 0 saturated carbocycles. The molecule has 0 saturated heterocycles. The summed E-state index contributed by atoms with van der Waals surface area (Å²) in [5.74, 6) is -2.65. The number of pyridine rings is 1. The first kappa shape index (κ1) is 14.8. The fourth-order valence-corrected chi connectivity index (χ4v) is 2.16. The van der Waals surface area contributed by atoms with Crippen LogP contribution in [0.15, 0.2) is 36.5 Å². The highest BCUT2D eigenvalue weighted by Crippen LogP contribution is 2.25. The van der Waals surface area contributed by atoms with Crippen molar-refractivity contribution < 1.29 is 19.8 Å². The van der Waals surface area contributed by atoms with Crippen LogP contribution in [0.4, 0.5) is 5.69 Å². The van der Waals surface area contributed by atoms with Crippen LogP contribution in [0.3, 0.4) is 0 Å². The number of aliphatic carboxylic acids is 2. The summed E-state index contributed by atoms with van der Waals surface area (Å²) < 4.78 is 0. The van der Waals surface area contributed by atoms with Crippen LogP contribution in [0.25, 0.3) is 10.9 Å². The zero-order valence-corrected chi connectivity index (χ0v) is 11.6. The number of hydrogen-bond acceptors (Lipinski definition) is 4. The van der Waals surface area contributed by atoms with Crippen LogP contribution in [-0.4, -0.2) is 40.2 Å². The van der Waals surface area contributed by atoms with Gasteiger partial charge in [0.2, 0.25) is 0 Å². The summed E-state index contributed by atoms with van der Waals surface area (Å²) in [5.41, 5.74) is 1.29. The Labute approximate surface area is 121 Å². The van der Waals surface area contributed by atoms with Gasteiger partial charge in [-0.3, -0.25) is 14.6 Å². The van der Waals surface area contributed by atoms with Gasteiger partial charge in [0.15, 0.2) is 0 Å². The normalized spacial score (nSPS) is 12.0. The number of fused-ring (bicyclic) bond motifs is 1. The van der Waals surface area contributed by atoms with Crippen molar-refractivity contribution in [1.29, 1.82) is 0 Å². The highest BCUT2D eigenvalue weighted by atomic mass is 16.4. The number of carboxylic acids is 2. The molecule has 0 bridgehead atoms. The van der Waals surface area contributed by atoms with E-state index in [-0.39, 0.29) is 13.1 Å². The van der Waals surface area contributed by atoms with Gasteiger partial charge in [0.1, 0.15) is 6.54 Å². The lowest BCUT2D eigenvalue weighted by atomic mass is 10.1. The van der Waals surface area contributed by atoms with E-state index in [1.165, 1.54) is 4.90 Å². The molecule has 6 nitrogen and oxygen atoms in total. The van der Waals surface area contributed by atoms with Gasteiger partial charge in [-0.1, -0.05) is 25.1 Å². The average Bonchev–Trinajstić information content (AvgIpc) is 2.45. The van der Waals surface area contributed by atoms with Crippen LogP contribution >= 0.6 is 0 Å². The van der Waals surface area contributed by atoms with E-state index in [9.17, 15) is 9.59 Å². The van der Waals surface area contributed by atoms with E-state index in [2.05, 4.69) is 4.98 Å². The number of nitrogens with zero attached hydrogens (tertiary/aromatic N) is 2. The highest BCUT2D eigenvalue weighted by molar-refractivity contribution is 5.92. The Hall–Kier alpha value is -2.63. The van der Waals surface area contributed by atoms with Crippen LogP contribution < -0.4 is 4.90 Å². The Bertz CT molecular complexity index is 666. The lowest BCUT2D eigenvalue weighted by Crippen LogP contribution is -2.36. The monoisotopic (exact) mass is 288 g/mol. The maximum atomic E-state index is 11.1. The van der Waals surface area contributed by atoms with E-state index in [0.717, 1.165) is 5.39 Å². The molecule has 2 rings (SSSR count). The predicted octanol–water partition coefficient (Wildman–Crippen LogP) is 1.85. The quantitative estimate of drug-likeness (QED) is 0.843. The molecule has 0 radical (unpaired) electrons. The fourth-order valence-electron chi connectivity index (χ4n) is 2.16. The lowest BCUT2D eigenvalue weighted by molar-refractivity contribution is -0.141. The zero-order chi connectivity index (χ0) is 15.4. The molecule has 0 aliphatic rings. The Morgan fingerprint density at radius 2 is 1.95 bits per heavy atom. The Kier molecular flexibility index (Phi) is 4.37. The van der Waals surface area contributed by atoms with E-state index >= 15 is 0 Å². The summed E-state index contributed by atoms with van der Waals surface area (Å²) >= 11 is 0. The topological polar surface area (TPSA) is 90.7 Å². The zero-order valence-electron chi connectivity index (χ0n) is 11.6. The van der Waals surface area contributed by atoms with E-state index < -0.39 is 17.9 Å². The molecule has 6 heteroatoms. The summed E-state index contributed by atoms with van der Waals surface area (Å²) in [6, 6.07) is 9.12. The van der Waals surface area contributed by atoms with E-state index in [1.54, 1.807) is 31.3 Å². The molecular weight excluding hydrogens is 272 g/mol. The van der Waals surface area contributed by atoms with Crippen molar-refractivity contribution in [3.05, 3.63) is 36.5 Å². The van der Waals surface area contributed by atoms with Gasteiger partial charge >= 0.3 is 11.9 Å². The molecule has 0 fully saturated rings. The molecule has 0 aliphatic carbocycles. The molecule has 0 spiro atoms. The summed E-state index contributed by atoms with van der Waals surface area (Å²) in [7, 11) is 0. The number of carboxylic acid groups (broad SMARTS) is 2. The summed E-state index contributed by atoms with van der Waals surface area (Å²) in [6.07, 6.45) is 1.63. The maximum absolute atomic E-state index is 11.1. The molecule has 1 heterocycles. The van der Waals surface area contributed by atoms with Gasteiger partial charge < -0.3 is 15.1 Å². The van der Waals surface area contributed by atoms with E-state index in [0.29, 0.717) is 11.2 Å². The summed E-state index contributed by atoms with van der Waals surface area (Å²) in [6.45, 7) is 1.39. The molecule has 2 N–H and O–H groups in total. The third-order valence-corrected chi connectivity index (χ3v) is 3.19. The van der Waals surface area contributed by atoms with Gasteiger partial charge in [-0.2, -0.15) is 0 Å². The number of aromatic nitrogens is 1. The Morgan fingerprint density at radius 1 is 1.24 bits per heavy atom. The van der Waals surface area contributed by atoms with E-state index in [4.69, 9.17) is 10.2 Å². The van der Waals surface area contributed by atoms with Crippen LogP contribution in [0.5, 0.6) is 0 Å². The van der Waals surface area contributed by atoms with Gasteiger partial charge in [0, 0.05) is 18.1 Å². The lowest BCUT2D eigenvalue weighted by Gasteiger charge is -2.25. The minimum Gasteiger partial charge on any atom is -0.481 e. The summed E-state index contributed by atoms with van der Waals surface area (Å²) in [5, 5.41) is 19.0. The van der Waals surface area contributed by atoms with Crippen molar-refractivity contribution >= 4 is 28.5 Å². The van der Waals surface area contributed by atoms with Crippen molar-refractivity contribution in [2.24, 2.45) is 5.92 Å². The Balaban J connectivity index is 2.43. The number of para-hydroxylation sites is 1. The average molecular weight is 288 g/mol. The second-order valence-corrected chi connectivity index (χ2v) is 4.87. The van der Waals surface area contributed by atoms with Gasteiger partial charge in [-0.25, -0.2) is 0 Å². The first-order chi connectivity index (χ1) is 9.99. The largest absolute Gasteiger partial charge is 0.481 e. The van der Waals surface area contributed by atoms with Crippen molar-refractivity contribution in [2.75, 3.05) is 18.0 Å². The molecule has 1 aromatic carbocycles. The molecule has 1 aromatic heterocycles. The van der Waals surface area contributed by atoms with Gasteiger partial charge in [-0.15, -0.1) is 0 Å². The Morgan fingerprint density at radius 3 is 2.62 bits per heavy atom. The fraction of sp³-hybridized carbons (Fsp3) is 0.267. The second kappa shape index (κ2) is 6.21. The van der Waals surface area contributed by atoms with Gasteiger partial charge in [0.25, 0.3) is 0 Å². The number of hydrogen-bond donors (Lipinski definition) is 2. The second-order valence-electron chi connectivity index (χ2n) is 4.87. The molecule has 1 unspecified atom stereocenters. The van der Waals surface area contributed by atoms with E-state index in [1.807, 2.05) is 12.1 Å². The van der Waals surface area contributed by atoms with Crippen molar-refractivity contribution in [3.8, 4) is 0 Å². The third-order valence-electron chi connectivity index (χ3n) is 3.19. The van der Waals surface area contributed by atoms with Crippen LogP contribution in [0.2, 0.25) is 0 Å². The number of benzene rings is 1. The number of carbonyl (C=O) groups is 2. The van der Waals surface area contributed by atoms with Crippen LogP contribution in [0.1, 0.15) is 6.92 Å². The number of rotatable bonds is 6. The minimum atomic E-state index is -1.01. The smallest absolute Gasteiger partial charge is 0.323 e.